The van der Waals surface area contributed by atoms with Gasteiger partial charge in [-0.25, -0.2) is 14.8 Å². The summed E-state index contributed by atoms with van der Waals surface area (Å²) < 4.78 is 4.98. The molecule has 6 nitrogen and oxygen atoms in total. The number of ether oxygens (including phenoxy) is 1. The largest absolute Gasteiger partial charge is 0.505 e. The van der Waals surface area contributed by atoms with Gasteiger partial charge in [0.1, 0.15) is 5.60 Å². The average Bonchev–Trinajstić information content (AvgIpc) is 2.05. The Hall–Kier alpha value is -1.85. The number of nitrogens with zero attached hydrogens (tertiary/aromatic N) is 2. The van der Waals surface area contributed by atoms with Crippen molar-refractivity contribution in [2.75, 3.05) is 5.32 Å². The first-order chi connectivity index (χ1) is 6.87. The summed E-state index contributed by atoms with van der Waals surface area (Å²) in [7, 11) is 0. The Morgan fingerprint density at radius 3 is 2.40 bits per heavy atom. The third-order valence-electron chi connectivity index (χ3n) is 1.25. The van der Waals surface area contributed by atoms with Crippen molar-refractivity contribution in [2.24, 2.45) is 0 Å². The lowest BCUT2D eigenvalue weighted by atomic mass is 10.2. The van der Waals surface area contributed by atoms with Gasteiger partial charge < -0.3 is 9.84 Å². The highest BCUT2D eigenvalue weighted by molar-refractivity contribution is 5.82. The van der Waals surface area contributed by atoms with Gasteiger partial charge in [-0.15, -0.1) is 0 Å². The minimum absolute atomic E-state index is 0.0651. The highest BCUT2D eigenvalue weighted by atomic mass is 16.6. The van der Waals surface area contributed by atoms with Crippen molar-refractivity contribution in [1.82, 2.24) is 9.97 Å². The lowest BCUT2D eigenvalue weighted by Gasteiger charge is -2.19. The van der Waals surface area contributed by atoms with Gasteiger partial charge in [-0.2, -0.15) is 0 Å². The third-order valence-corrected chi connectivity index (χ3v) is 1.25. The van der Waals surface area contributed by atoms with Crippen LogP contribution in [0.4, 0.5) is 10.7 Å². The number of nitrogens with one attached hydrogen (secondary N) is 1. The van der Waals surface area contributed by atoms with E-state index in [-0.39, 0.29) is 11.7 Å². The molecule has 82 valence electrons. The molecule has 1 amide bonds. The van der Waals surface area contributed by atoms with Crippen molar-refractivity contribution in [3.05, 3.63) is 12.4 Å². The minimum atomic E-state index is -0.631. The molecule has 0 saturated heterocycles. The van der Waals surface area contributed by atoms with E-state index in [1.807, 2.05) is 0 Å². The Balaban J connectivity index is 2.55. The summed E-state index contributed by atoms with van der Waals surface area (Å²) in [6.45, 7) is 5.26. The van der Waals surface area contributed by atoms with Crippen LogP contribution in [0.3, 0.4) is 0 Å². The molecule has 0 radical (unpaired) electrons. The molecular weight excluding hydrogens is 198 g/mol. The van der Waals surface area contributed by atoms with Crippen molar-refractivity contribution in [2.45, 2.75) is 26.4 Å². The molecule has 0 fully saturated rings. The van der Waals surface area contributed by atoms with E-state index < -0.39 is 11.7 Å². The number of hydrogen-bond donors (Lipinski definition) is 2. The molecule has 0 aliphatic carbocycles. The van der Waals surface area contributed by atoms with Gasteiger partial charge in [-0.05, 0) is 20.8 Å². The number of carbonyl (C=O) groups excluding carboxylic acids is 1. The first-order valence-electron chi connectivity index (χ1n) is 4.38. The highest BCUT2D eigenvalue weighted by Gasteiger charge is 2.16. The van der Waals surface area contributed by atoms with E-state index in [2.05, 4.69) is 15.3 Å². The van der Waals surface area contributed by atoms with Crippen LogP contribution in [0.25, 0.3) is 0 Å². The average molecular weight is 211 g/mol. The van der Waals surface area contributed by atoms with Gasteiger partial charge in [0.25, 0.3) is 0 Å². The second kappa shape index (κ2) is 4.12. The summed E-state index contributed by atoms with van der Waals surface area (Å²) in [6.07, 6.45) is 1.73. The molecule has 0 aromatic carbocycles. The first-order valence-corrected chi connectivity index (χ1v) is 4.38. The summed E-state index contributed by atoms with van der Waals surface area (Å²) in [4.78, 5) is 18.6. The lowest BCUT2D eigenvalue weighted by Crippen LogP contribution is -2.27. The van der Waals surface area contributed by atoms with Crippen LogP contribution in [0.5, 0.6) is 5.75 Å². The van der Waals surface area contributed by atoms with Crippen molar-refractivity contribution in [3.63, 3.8) is 0 Å². The van der Waals surface area contributed by atoms with Gasteiger partial charge in [0.2, 0.25) is 5.95 Å². The molecule has 0 spiro atoms. The molecule has 1 aromatic rings. The van der Waals surface area contributed by atoms with Crippen LogP contribution in [-0.2, 0) is 4.74 Å². The maximum Gasteiger partial charge on any atom is 0.414 e. The van der Waals surface area contributed by atoms with E-state index in [0.717, 1.165) is 0 Å². The topological polar surface area (TPSA) is 84.3 Å². The Morgan fingerprint density at radius 2 is 1.93 bits per heavy atom. The van der Waals surface area contributed by atoms with E-state index >= 15 is 0 Å². The molecule has 1 aromatic heterocycles. The molecule has 1 rings (SSSR count). The summed E-state index contributed by atoms with van der Waals surface area (Å²) in [5, 5.41) is 11.2. The second-order valence-electron chi connectivity index (χ2n) is 3.89. The van der Waals surface area contributed by atoms with Gasteiger partial charge >= 0.3 is 6.09 Å². The molecule has 0 aliphatic rings. The van der Waals surface area contributed by atoms with Gasteiger partial charge in [0.05, 0.1) is 12.4 Å². The number of hydrogen-bond acceptors (Lipinski definition) is 5. The maximum absolute atomic E-state index is 11.2. The van der Waals surface area contributed by atoms with Crippen LogP contribution >= 0.6 is 0 Å². The van der Waals surface area contributed by atoms with Crippen LogP contribution in [0.1, 0.15) is 20.8 Å². The SMILES string of the molecule is CC(C)(C)OC(=O)Nc1ncc(O)cn1. The van der Waals surface area contributed by atoms with Crippen LogP contribution in [0, 0.1) is 0 Å². The normalized spacial score (nSPS) is 10.9. The van der Waals surface area contributed by atoms with Crippen molar-refractivity contribution in [3.8, 4) is 5.75 Å². The predicted molar refractivity (Wildman–Crippen MR) is 53.6 cm³/mol. The summed E-state index contributed by atoms with van der Waals surface area (Å²) >= 11 is 0. The van der Waals surface area contributed by atoms with Gasteiger partial charge in [-0.3, -0.25) is 5.32 Å². The Labute approximate surface area is 87.3 Å². The fourth-order valence-electron chi connectivity index (χ4n) is 0.781. The first kappa shape index (κ1) is 11.2. The molecule has 2 N–H and O–H groups in total. The van der Waals surface area contributed by atoms with Crippen molar-refractivity contribution in [1.29, 1.82) is 0 Å². The Bertz CT molecular complexity index is 343. The lowest BCUT2D eigenvalue weighted by molar-refractivity contribution is 0.0634. The molecule has 0 saturated carbocycles. The number of amides is 1. The second-order valence-corrected chi connectivity index (χ2v) is 3.89. The number of aromatic nitrogens is 2. The molecule has 1 heterocycles. The van der Waals surface area contributed by atoms with Crippen molar-refractivity contribution >= 4 is 12.0 Å². The van der Waals surface area contributed by atoms with Crippen LogP contribution < -0.4 is 5.32 Å². The number of anilines is 1. The monoisotopic (exact) mass is 211 g/mol. The van der Waals surface area contributed by atoms with E-state index in [0.29, 0.717) is 0 Å². The minimum Gasteiger partial charge on any atom is -0.505 e. The van der Waals surface area contributed by atoms with Crippen LogP contribution in [0.2, 0.25) is 0 Å². The maximum atomic E-state index is 11.2. The standard InChI is InChI=1S/C9H13N3O3/c1-9(2,3)15-8(14)12-7-10-4-6(13)5-11-7/h4-5,13H,1-3H3,(H,10,11,12,14). The smallest absolute Gasteiger partial charge is 0.414 e. The number of aromatic hydroxyl groups is 1. The predicted octanol–water partition coefficient (Wildman–Crippen LogP) is 1.53. The molecule has 0 atom stereocenters. The zero-order valence-corrected chi connectivity index (χ0v) is 8.81. The molecule has 6 heteroatoms. The number of carbonyl (C=O) groups is 1. The molecule has 0 unspecified atom stereocenters. The Kier molecular flexibility index (Phi) is 3.08. The zero-order chi connectivity index (χ0) is 11.5. The summed E-state index contributed by atoms with van der Waals surface area (Å²) in [5.74, 6) is 0.0202. The zero-order valence-electron chi connectivity index (χ0n) is 8.81. The fraction of sp³-hybridized carbons (Fsp3) is 0.444. The molecule has 15 heavy (non-hydrogen) atoms. The molecule has 0 bridgehead atoms. The van der Waals surface area contributed by atoms with Crippen LogP contribution in [-0.4, -0.2) is 26.8 Å². The summed E-state index contributed by atoms with van der Waals surface area (Å²) in [5.41, 5.74) is -0.568. The van der Waals surface area contributed by atoms with E-state index in [9.17, 15) is 4.79 Å². The van der Waals surface area contributed by atoms with Crippen LogP contribution in [0.15, 0.2) is 12.4 Å². The quantitative estimate of drug-likeness (QED) is 0.735. The fourth-order valence-corrected chi connectivity index (χ4v) is 0.781. The highest BCUT2D eigenvalue weighted by Crippen LogP contribution is 2.09. The van der Waals surface area contributed by atoms with E-state index in [4.69, 9.17) is 9.84 Å². The summed E-state index contributed by atoms with van der Waals surface area (Å²) in [6, 6.07) is 0. The van der Waals surface area contributed by atoms with Gasteiger partial charge in [0.15, 0.2) is 5.75 Å². The number of rotatable bonds is 1. The van der Waals surface area contributed by atoms with Gasteiger partial charge in [0, 0.05) is 0 Å². The third kappa shape index (κ3) is 4.26. The van der Waals surface area contributed by atoms with E-state index in [1.54, 1.807) is 20.8 Å². The molecular formula is C9H13N3O3. The molecule has 0 aliphatic heterocycles. The Morgan fingerprint density at radius 1 is 1.40 bits per heavy atom. The van der Waals surface area contributed by atoms with Gasteiger partial charge in [-0.1, -0.05) is 0 Å². The van der Waals surface area contributed by atoms with E-state index in [1.165, 1.54) is 12.4 Å². The van der Waals surface area contributed by atoms with Crippen molar-refractivity contribution < 1.29 is 14.6 Å².